The summed E-state index contributed by atoms with van der Waals surface area (Å²) in [5, 5.41) is 2.77. The SMILES string of the molecule is O=C(NC1CCCCCC1)NS(=O)(=O)N1CCOCC1. The van der Waals surface area contributed by atoms with Gasteiger partial charge in [-0.25, -0.2) is 9.52 Å². The molecule has 1 aliphatic carbocycles. The molecule has 0 atom stereocenters. The van der Waals surface area contributed by atoms with E-state index in [-0.39, 0.29) is 19.1 Å². The molecule has 2 aliphatic rings. The smallest absolute Gasteiger partial charge is 0.329 e. The molecular formula is C12H23N3O4S. The van der Waals surface area contributed by atoms with E-state index < -0.39 is 16.2 Å². The molecule has 0 aromatic rings. The molecule has 0 unspecified atom stereocenters. The first-order chi connectivity index (χ1) is 9.58. The molecule has 1 saturated carbocycles. The van der Waals surface area contributed by atoms with Gasteiger partial charge in [0.05, 0.1) is 13.2 Å². The van der Waals surface area contributed by atoms with E-state index in [4.69, 9.17) is 4.74 Å². The standard InChI is InChI=1S/C12H23N3O4S/c16-12(13-11-5-3-1-2-4-6-11)14-20(17,18)15-7-9-19-10-8-15/h11H,1-10H2,(H2,13,14,16). The van der Waals surface area contributed by atoms with Gasteiger partial charge in [-0.3, -0.25) is 0 Å². The number of ether oxygens (including phenoxy) is 1. The van der Waals surface area contributed by atoms with Crippen LogP contribution in [0.2, 0.25) is 0 Å². The van der Waals surface area contributed by atoms with Gasteiger partial charge >= 0.3 is 16.2 Å². The highest BCUT2D eigenvalue weighted by Crippen LogP contribution is 2.17. The Balaban J connectivity index is 1.83. The fourth-order valence-corrected chi connectivity index (χ4v) is 3.66. The van der Waals surface area contributed by atoms with Crippen LogP contribution in [0.15, 0.2) is 0 Å². The summed E-state index contributed by atoms with van der Waals surface area (Å²) in [6, 6.07) is -0.541. The van der Waals surface area contributed by atoms with Crippen LogP contribution >= 0.6 is 0 Å². The minimum absolute atomic E-state index is 0.0809. The lowest BCUT2D eigenvalue weighted by atomic mass is 10.1. The van der Waals surface area contributed by atoms with Crippen LogP contribution in [0.1, 0.15) is 38.5 Å². The number of carbonyl (C=O) groups excluding carboxylic acids is 1. The monoisotopic (exact) mass is 305 g/mol. The second-order valence-corrected chi connectivity index (χ2v) is 6.95. The van der Waals surface area contributed by atoms with Crippen LogP contribution in [0.3, 0.4) is 0 Å². The van der Waals surface area contributed by atoms with E-state index in [2.05, 4.69) is 10.0 Å². The lowest BCUT2D eigenvalue weighted by Crippen LogP contribution is -2.52. The second kappa shape index (κ2) is 7.24. The normalized spacial score (nSPS) is 23.0. The highest BCUT2D eigenvalue weighted by molar-refractivity contribution is 7.87. The zero-order valence-corrected chi connectivity index (χ0v) is 12.5. The van der Waals surface area contributed by atoms with Crippen molar-refractivity contribution in [3.8, 4) is 0 Å². The Kier molecular flexibility index (Phi) is 5.62. The van der Waals surface area contributed by atoms with Gasteiger partial charge in [-0.15, -0.1) is 0 Å². The summed E-state index contributed by atoms with van der Waals surface area (Å²) >= 11 is 0. The Morgan fingerprint density at radius 2 is 1.65 bits per heavy atom. The van der Waals surface area contributed by atoms with Gasteiger partial charge in [-0.05, 0) is 12.8 Å². The van der Waals surface area contributed by atoms with E-state index in [1.54, 1.807) is 0 Å². The molecule has 1 aliphatic heterocycles. The number of urea groups is 1. The minimum Gasteiger partial charge on any atom is -0.379 e. The van der Waals surface area contributed by atoms with Crippen molar-refractivity contribution >= 4 is 16.2 Å². The van der Waals surface area contributed by atoms with E-state index in [0.29, 0.717) is 13.2 Å². The number of nitrogens with zero attached hydrogens (tertiary/aromatic N) is 1. The maximum absolute atomic E-state index is 12.0. The van der Waals surface area contributed by atoms with Gasteiger partial charge in [0.2, 0.25) is 0 Å². The molecule has 0 spiro atoms. The van der Waals surface area contributed by atoms with E-state index in [1.165, 1.54) is 17.1 Å². The molecule has 7 nitrogen and oxygen atoms in total. The molecule has 2 amide bonds. The van der Waals surface area contributed by atoms with Crippen LogP contribution in [0, 0.1) is 0 Å². The first-order valence-electron chi connectivity index (χ1n) is 7.24. The van der Waals surface area contributed by atoms with E-state index in [1.807, 2.05) is 0 Å². The van der Waals surface area contributed by atoms with Gasteiger partial charge in [0.25, 0.3) is 0 Å². The Morgan fingerprint density at radius 3 is 2.25 bits per heavy atom. The van der Waals surface area contributed by atoms with Gasteiger partial charge in [0.15, 0.2) is 0 Å². The summed E-state index contributed by atoms with van der Waals surface area (Å²) < 4.78 is 32.4. The lowest BCUT2D eigenvalue weighted by Gasteiger charge is -2.26. The molecular weight excluding hydrogens is 282 g/mol. The molecule has 0 radical (unpaired) electrons. The van der Waals surface area contributed by atoms with Crippen LogP contribution in [0.25, 0.3) is 0 Å². The number of hydrogen-bond donors (Lipinski definition) is 2. The third-order valence-corrected chi connectivity index (χ3v) is 5.21. The fourth-order valence-electron chi connectivity index (χ4n) is 2.61. The van der Waals surface area contributed by atoms with Crippen molar-refractivity contribution < 1.29 is 17.9 Å². The van der Waals surface area contributed by atoms with Gasteiger partial charge in [-0.2, -0.15) is 12.7 Å². The average Bonchev–Trinajstić information content (AvgIpc) is 2.67. The second-order valence-electron chi connectivity index (χ2n) is 5.28. The number of nitrogens with one attached hydrogen (secondary N) is 2. The molecule has 116 valence electrons. The van der Waals surface area contributed by atoms with E-state index in [0.717, 1.165) is 25.7 Å². The molecule has 20 heavy (non-hydrogen) atoms. The van der Waals surface area contributed by atoms with E-state index >= 15 is 0 Å². The summed E-state index contributed by atoms with van der Waals surface area (Å²) in [6.45, 7) is 1.30. The first-order valence-corrected chi connectivity index (χ1v) is 8.68. The minimum atomic E-state index is -3.75. The first kappa shape index (κ1) is 15.5. The van der Waals surface area contributed by atoms with Gasteiger partial charge in [-0.1, -0.05) is 25.7 Å². The van der Waals surface area contributed by atoms with Crippen LogP contribution in [-0.4, -0.2) is 51.1 Å². The third-order valence-electron chi connectivity index (χ3n) is 3.72. The van der Waals surface area contributed by atoms with Crippen LogP contribution in [0.4, 0.5) is 4.79 Å². The molecule has 1 heterocycles. The zero-order valence-electron chi connectivity index (χ0n) is 11.6. The summed E-state index contributed by atoms with van der Waals surface area (Å²) in [4.78, 5) is 11.8. The predicted octanol–water partition coefficient (Wildman–Crippen LogP) is 0.585. The Labute approximate surface area is 120 Å². The highest BCUT2D eigenvalue weighted by Gasteiger charge is 2.26. The van der Waals surface area contributed by atoms with Crippen molar-refractivity contribution in [2.75, 3.05) is 26.3 Å². The summed E-state index contributed by atoms with van der Waals surface area (Å²) in [7, 11) is -3.75. The number of morpholine rings is 1. The molecule has 0 bridgehead atoms. The predicted molar refractivity (Wildman–Crippen MR) is 74.5 cm³/mol. The molecule has 8 heteroatoms. The van der Waals surface area contributed by atoms with Crippen LogP contribution in [-0.2, 0) is 14.9 Å². The van der Waals surface area contributed by atoms with Crippen molar-refractivity contribution in [3.63, 3.8) is 0 Å². The third kappa shape index (κ3) is 4.60. The van der Waals surface area contributed by atoms with Crippen molar-refractivity contribution in [1.82, 2.24) is 14.3 Å². The fraction of sp³-hybridized carbons (Fsp3) is 0.917. The van der Waals surface area contributed by atoms with Crippen LogP contribution < -0.4 is 10.0 Å². The van der Waals surface area contributed by atoms with Gasteiger partial charge in [0.1, 0.15) is 0 Å². The molecule has 0 aromatic carbocycles. The quantitative estimate of drug-likeness (QED) is 0.747. The van der Waals surface area contributed by atoms with Gasteiger partial charge in [0, 0.05) is 19.1 Å². The van der Waals surface area contributed by atoms with Crippen molar-refractivity contribution in [2.45, 2.75) is 44.6 Å². The zero-order chi connectivity index (χ0) is 14.4. The average molecular weight is 305 g/mol. The van der Waals surface area contributed by atoms with Crippen molar-refractivity contribution in [3.05, 3.63) is 0 Å². The lowest BCUT2D eigenvalue weighted by molar-refractivity contribution is 0.0726. The topological polar surface area (TPSA) is 87.7 Å². The maximum Gasteiger partial charge on any atom is 0.329 e. The highest BCUT2D eigenvalue weighted by atomic mass is 32.2. The van der Waals surface area contributed by atoms with E-state index in [9.17, 15) is 13.2 Å². The summed E-state index contributed by atoms with van der Waals surface area (Å²) in [5.41, 5.74) is 0. The summed E-state index contributed by atoms with van der Waals surface area (Å²) in [5.74, 6) is 0. The Bertz CT molecular complexity index is 412. The molecule has 1 saturated heterocycles. The maximum atomic E-state index is 12.0. The Hall–Kier alpha value is -0.860. The Morgan fingerprint density at radius 1 is 1.05 bits per heavy atom. The molecule has 2 N–H and O–H groups in total. The summed E-state index contributed by atoms with van der Waals surface area (Å²) in [6.07, 6.45) is 6.39. The van der Waals surface area contributed by atoms with Crippen molar-refractivity contribution in [2.24, 2.45) is 0 Å². The molecule has 2 rings (SSSR count). The molecule has 0 aromatic heterocycles. The number of amides is 2. The number of rotatable bonds is 3. The van der Waals surface area contributed by atoms with Gasteiger partial charge < -0.3 is 10.1 Å². The molecule has 2 fully saturated rings. The number of carbonyl (C=O) groups is 1. The van der Waals surface area contributed by atoms with Crippen molar-refractivity contribution in [1.29, 1.82) is 0 Å². The van der Waals surface area contributed by atoms with Crippen LogP contribution in [0.5, 0.6) is 0 Å². The largest absolute Gasteiger partial charge is 0.379 e. The number of hydrogen-bond acceptors (Lipinski definition) is 4.